The van der Waals surface area contributed by atoms with E-state index in [-0.39, 0.29) is 4.47 Å². The zero-order valence-electron chi connectivity index (χ0n) is 6.14. The fraction of sp³-hybridized carbons (Fsp3) is 0. The SMILES string of the molecule is Nc1c(F)cc(Br)c(F)c1C(=O)O. The minimum Gasteiger partial charge on any atom is -0.478 e. The first-order valence-electron chi connectivity index (χ1n) is 3.11. The standard InChI is InChI=1S/C7H4BrF2NO2/c8-2-1-3(9)6(11)4(5(2)10)7(12)13/h1H,11H2,(H,12,13). The van der Waals surface area contributed by atoms with Crippen molar-refractivity contribution in [3.05, 3.63) is 27.7 Å². The van der Waals surface area contributed by atoms with Crippen molar-refractivity contribution in [2.45, 2.75) is 0 Å². The monoisotopic (exact) mass is 251 g/mol. The summed E-state index contributed by atoms with van der Waals surface area (Å²) in [5, 5.41) is 8.49. The molecule has 0 unspecified atom stereocenters. The smallest absolute Gasteiger partial charge is 0.340 e. The molecule has 0 atom stereocenters. The lowest BCUT2D eigenvalue weighted by Gasteiger charge is -2.04. The topological polar surface area (TPSA) is 63.3 Å². The molecule has 3 N–H and O–H groups in total. The molecule has 70 valence electrons. The number of nitrogen functional groups attached to an aromatic ring is 1. The fourth-order valence-corrected chi connectivity index (χ4v) is 1.22. The van der Waals surface area contributed by atoms with E-state index < -0.39 is 28.9 Å². The van der Waals surface area contributed by atoms with Gasteiger partial charge in [0.15, 0.2) is 5.82 Å². The molecular weight excluding hydrogens is 248 g/mol. The quantitative estimate of drug-likeness (QED) is 0.593. The Bertz CT molecular complexity index is 355. The van der Waals surface area contributed by atoms with E-state index in [4.69, 9.17) is 10.8 Å². The molecule has 1 aromatic carbocycles. The Morgan fingerprint density at radius 1 is 1.54 bits per heavy atom. The number of benzene rings is 1. The second-order valence-corrected chi connectivity index (χ2v) is 3.10. The molecule has 0 aliphatic heterocycles. The van der Waals surface area contributed by atoms with Crippen LogP contribution >= 0.6 is 15.9 Å². The van der Waals surface area contributed by atoms with Crippen LogP contribution in [0.25, 0.3) is 0 Å². The van der Waals surface area contributed by atoms with Gasteiger partial charge < -0.3 is 10.8 Å². The van der Waals surface area contributed by atoms with Gasteiger partial charge >= 0.3 is 5.97 Å². The zero-order valence-corrected chi connectivity index (χ0v) is 7.73. The van der Waals surface area contributed by atoms with Crippen molar-refractivity contribution in [1.82, 2.24) is 0 Å². The molecule has 1 rings (SSSR count). The maximum Gasteiger partial charge on any atom is 0.340 e. The molecule has 0 aliphatic rings. The summed E-state index contributed by atoms with van der Waals surface area (Å²) in [6, 6.07) is 0.775. The number of rotatable bonds is 1. The lowest BCUT2D eigenvalue weighted by molar-refractivity contribution is 0.0692. The highest BCUT2D eigenvalue weighted by Gasteiger charge is 2.20. The summed E-state index contributed by atoms with van der Waals surface area (Å²) < 4.78 is 25.5. The molecule has 0 saturated carbocycles. The summed E-state index contributed by atoms with van der Waals surface area (Å²) in [4.78, 5) is 10.4. The van der Waals surface area contributed by atoms with Gasteiger partial charge in [0.2, 0.25) is 0 Å². The Morgan fingerprint density at radius 3 is 2.54 bits per heavy atom. The molecule has 1 aromatic rings. The predicted molar refractivity (Wildman–Crippen MR) is 45.4 cm³/mol. The third kappa shape index (κ3) is 1.62. The summed E-state index contributed by atoms with van der Waals surface area (Å²) >= 11 is 2.67. The number of aromatic carboxylic acids is 1. The van der Waals surface area contributed by atoms with Crippen LogP contribution in [0, 0.1) is 11.6 Å². The van der Waals surface area contributed by atoms with Crippen LogP contribution in [0.1, 0.15) is 10.4 Å². The Labute approximate surface area is 80.3 Å². The molecule has 0 fully saturated rings. The summed E-state index contributed by atoms with van der Waals surface area (Å²) in [7, 11) is 0. The fourth-order valence-electron chi connectivity index (χ4n) is 0.819. The van der Waals surface area contributed by atoms with Crippen LogP contribution in [0.4, 0.5) is 14.5 Å². The highest BCUT2D eigenvalue weighted by Crippen LogP contribution is 2.26. The van der Waals surface area contributed by atoms with Gasteiger partial charge in [0.1, 0.15) is 11.4 Å². The summed E-state index contributed by atoms with van der Waals surface area (Å²) in [6.45, 7) is 0. The first-order valence-corrected chi connectivity index (χ1v) is 3.90. The first kappa shape index (κ1) is 9.91. The van der Waals surface area contributed by atoms with Crippen LogP contribution in [0.5, 0.6) is 0 Å². The van der Waals surface area contributed by atoms with Gasteiger partial charge in [0.05, 0.1) is 10.2 Å². The zero-order chi connectivity index (χ0) is 10.2. The summed E-state index contributed by atoms with van der Waals surface area (Å²) in [6.07, 6.45) is 0. The number of hydrogen-bond acceptors (Lipinski definition) is 2. The van der Waals surface area contributed by atoms with Crippen molar-refractivity contribution < 1.29 is 18.7 Å². The van der Waals surface area contributed by atoms with E-state index in [0.29, 0.717) is 0 Å². The van der Waals surface area contributed by atoms with Crippen LogP contribution in [-0.2, 0) is 0 Å². The molecule has 6 heteroatoms. The molecule has 13 heavy (non-hydrogen) atoms. The largest absolute Gasteiger partial charge is 0.478 e. The van der Waals surface area contributed by atoms with E-state index in [9.17, 15) is 13.6 Å². The number of carbonyl (C=O) groups is 1. The average molecular weight is 252 g/mol. The van der Waals surface area contributed by atoms with Crippen molar-refractivity contribution in [2.24, 2.45) is 0 Å². The lowest BCUT2D eigenvalue weighted by atomic mass is 10.1. The van der Waals surface area contributed by atoms with Crippen LogP contribution in [0.15, 0.2) is 10.5 Å². The van der Waals surface area contributed by atoms with E-state index in [0.717, 1.165) is 6.07 Å². The highest BCUT2D eigenvalue weighted by atomic mass is 79.9. The molecule has 0 radical (unpaired) electrons. The van der Waals surface area contributed by atoms with Crippen molar-refractivity contribution in [3.63, 3.8) is 0 Å². The summed E-state index contributed by atoms with van der Waals surface area (Å²) in [5.41, 5.74) is 3.48. The molecule has 0 aliphatic carbocycles. The molecule has 0 saturated heterocycles. The van der Waals surface area contributed by atoms with Gasteiger partial charge in [-0.2, -0.15) is 0 Å². The number of hydrogen-bond donors (Lipinski definition) is 2. The Hall–Kier alpha value is -1.17. The van der Waals surface area contributed by atoms with E-state index in [2.05, 4.69) is 15.9 Å². The molecule has 0 bridgehead atoms. The first-order chi connectivity index (χ1) is 5.95. The number of nitrogens with two attached hydrogens (primary N) is 1. The van der Waals surface area contributed by atoms with E-state index in [1.54, 1.807) is 0 Å². The summed E-state index contributed by atoms with van der Waals surface area (Å²) in [5.74, 6) is -3.65. The van der Waals surface area contributed by atoms with E-state index in [1.165, 1.54) is 0 Å². The van der Waals surface area contributed by atoms with Gasteiger partial charge in [0, 0.05) is 0 Å². The second-order valence-electron chi connectivity index (χ2n) is 2.25. The third-order valence-electron chi connectivity index (χ3n) is 1.42. The molecule has 0 aromatic heterocycles. The van der Waals surface area contributed by atoms with Crippen molar-refractivity contribution in [3.8, 4) is 0 Å². The molecule has 0 heterocycles. The predicted octanol–water partition coefficient (Wildman–Crippen LogP) is 2.01. The third-order valence-corrected chi connectivity index (χ3v) is 2.00. The van der Waals surface area contributed by atoms with E-state index >= 15 is 0 Å². The maximum absolute atomic E-state index is 13.0. The number of carboxylic acids is 1. The minimum absolute atomic E-state index is 0.267. The lowest BCUT2D eigenvalue weighted by Crippen LogP contribution is -2.08. The average Bonchev–Trinajstić information content (AvgIpc) is 2.01. The maximum atomic E-state index is 13.0. The molecule has 0 spiro atoms. The normalized spacial score (nSPS) is 10.1. The van der Waals surface area contributed by atoms with Crippen LogP contribution in [-0.4, -0.2) is 11.1 Å². The number of carboxylic acid groups (broad SMARTS) is 1. The highest BCUT2D eigenvalue weighted by molar-refractivity contribution is 9.10. The van der Waals surface area contributed by atoms with Gasteiger partial charge in [-0.25, -0.2) is 13.6 Å². The molecule has 3 nitrogen and oxygen atoms in total. The van der Waals surface area contributed by atoms with Gasteiger partial charge in [-0.15, -0.1) is 0 Å². The Kier molecular flexibility index (Phi) is 2.51. The molecule has 0 amide bonds. The Morgan fingerprint density at radius 2 is 2.08 bits per heavy atom. The number of halogens is 3. The van der Waals surface area contributed by atoms with E-state index in [1.807, 2.05) is 0 Å². The Balaban J connectivity index is 3.56. The van der Waals surface area contributed by atoms with Crippen LogP contribution in [0.2, 0.25) is 0 Å². The van der Waals surface area contributed by atoms with Gasteiger partial charge in [0.25, 0.3) is 0 Å². The van der Waals surface area contributed by atoms with Crippen molar-refractivity contribution >= 4 is 27.6 Å². The van der Waals surface area contributed by atoms with Gasteiger partial charge in [-0.1, -0.05) is 0 Å². The van der Waals surface area contributed by atoms with Crippen LogP contribution < -0.4 is 5.73 Å². The van der Waals surface area contributed by atoms with Crippen LogP contribution in [0.3, 0.4) is 0 Å². The van der Waals surface area contributed by atoms with Gasteiger partial charge in [-0.3, -0.25) is 0 Å². The second kappa shape index (κ2) is 3.29. The van der Waals surface area contributed by atoms with Crippen molar-refractivity contribution in [2.75, 3.05) is 5.73 Å². The minimum atomic E-state index is -1.60. The number of anilines is 1. The molecular formula is C7H4BrF2NO2. The van der Waals surface area contributed by atoms with Gasteiger partial charge in [-0.05, 0) is 22.0 Å². The van der Waals surface area contributed by atoms with Crippen molar-refractivity contribution in [1.29, 1.82) is 0 Å².